The molecule has 2 rings (SSSR count). The highest BCUT2D eigenvalue weighted by atomic mass is 32.2. The molecule has 0 aliphatic heterocycles. The van der Waals surface area contributed by atoms with Crippen LogP contribution in [0.15, 0.2) is 36.3 Å². The number of nitrogens with zero attached hydrogens (tertiary/aromatic N) is 2. The molecule has 0 bridgehead atoms. The number of sulfone groups is 1. The fourth-order valence-corrected chi connectivity index (χ4v) is 6.40. The summed E-state index contributed by atoms with van der Waals surface area (Å²) in [6.07, 6.45) is 6.62. The standard InChI is InChI=1S/C18H30N2O3SSi/c1-7-9-14-12-15(23-25(5,6)18(2,3)4)13-16(14)24(21,22)17-19-10-8-11-20-17/h7-8,10-11,14-16H,1,9,12-13H2,2-6H3/t14-,15?,16-/m0/s1. The van der Waals surface area contributed by atoms with Crippen molar-refractivity contribution in [1.82, 2.24) is 9.97 Å². The summed E-state index contributed by atoms with van der Waals surface area (Å²) in [5.41, 5.74) is 0. The van der Waals surface area contributed by atoms with Crippen molar-refractivity contribution in [2.24, 2.45) is 5.92 Å². The molecule has 0 spiro atoms. The van der Waals surface area contributed by atoms with Crippen molar-refractivity contribution in [2.75, 3.05) is 0 Å². The topological polar surface area (TPSA) is 69.2 Å². The molecular formula is C18H30N2O3SSi. The molecule has 25 heavy (non-hydrogen) atoms. The quantitative estimate of drug-likeness (QED) is 0.422. The van der Waals surface area contributed by atoms with Gasteiger partial charge in [-0.25, -0.2) is 18.4 Å². The lowest BCUT2D eigenvalue weighted by molar-refractivity contribution is 0.183. The molecule has 0 saturated heterocycles. The lowest BCUT2D eigenvalue weighted by Crippen LogP contribution is -2.43. The van der Waals surface area contributed by atoms with E-state index in [1.807, 2.05) is 0 Å². The Bertz CT molecular complexity index is 699. The molecule has 3 atom stereocenters. The molecule has 1 aromatic heterocycles. The maximum atomic E-state index is 13.0. The summed E-state index contributed by atoms with van der Waals surface area (Å²) in [4.78, 5) is 7.94. The fraction of sp³-hybridized carbons (Fsp3) is 0.667. The molecule has 1 fully saturated rings. The van der Waals surface area contributed by atoms with Gasteiger partial charge in [-0.05, 0) is 49.4 Å². The van der Waals surface area contributed by atoms with Gasteiger partial charge in [0, 0.05) is 18.5 Å². The van der Waals surface area contributed by atoms with Crippen molar-refractivity contribution in [3.63, 3.8) is 0 Å². The first-order chi connectivity index (χ1) is 11.5. The first-order valence-corrected chi connectivity index (χ1v) is 13.2. The molecule has 0 radical (unpaired) electrons. The van der Waals surface area contributed by atoms with Gasteiger partial charge in [0.1, 0.15) is 0 Å². The Hall–Kier alpha value is -1.05. The first kappa shape index (κ1) is 20.3. The van der Waals surface area contributed by atoms with Crippen molar-refractivity contribution in [2.45, 2.75) is 74.7 Å². The summed E-state index contributed by atoms with van der Waals surface area (Å²) in [5.74, 6) is 0.000995. The molecule has 1 aliphatic rings. The van der Waals surface area contributed by atoms with Crippen molar-refractivity contribution in [1.29, 1.82) is 0 Å². The zero-order valence-corrected chi connectivity index (χ0v) is 17.7. The van der Waals surface area contributed by atoms with Crippen LogP contribution in [0.3, 0.4) is 0 Å². The van der Waals surface area contributed by atoms with E-state index >= 15 is 0 Å². The van der Waals surface area contributed by atoms with E-state index in [2.05, 4.69) is 50.4 Å². The van der Waals surface area contributed by atoms with E-state index in [9.17, 15) is 8.42 Å². The van der Waals surface area contributed by atoms with Crippen LogP contribution in [0.5, 0.6) is 0 Å². The summed E-state index contributed by atoms with van der Waals surface area (Å²) in [6, 6.07) is 1.62. The normalized spacial score (nSPS) is 25.1. The van der Waals surface area contributed by atoms with E-state index in [0.29, 0.717) is 12.8 Å². The Kier molecular flexibility index (Phi) is 5.91. The molecule has 7 heteroatoms. The predicted molar refractivity (Wildman–Crippen MR) is 103 cm³/mol. The van der Waals surface area contributed by atoms with Crippen LogP contribution in [0.1, 0.15) is 40.0 Å². The van der Waals surface area contributed by atoms with Crippen molar-refractivity contribution >= 4 is 18.2 Å². The summed E-state index contributed by atoms with van der Waals surface area (Å²) in [7, 11) is -5.51. The Labute approximate surface area is 153 Å². The third kappa shape index (κ3) is 4.38. The predicted octanol–water partition coefficient (Wildman–Crippen LogP) is 4.00. The molecule has 1 unspecified atom stereocenters. The summed E-state index contributed by atoms with van der Waals surface area (Å²) in [6.45, 7) is 14.8. The zero-order valence-electron chi connectivity index (χ0n) is 15.9. The Morgan fingerprint density at radius 3 is 2.40 bits per heavy atom. The molecule has 1 saturated carbocycles. The highest BCUT2D eigenvalue weighted by molar-refractivity contribution is 7.91. The van der Waals surface area contributed by atoms with Crippen LogP contribution in [0.2, 0.25) is 18.1 Å². The molecular weight excluding hydrogens is 352 g/mol. The number of aromatic nitrogens is 2. The van der Waals surface area contributed by atoms with Crippen LogP contribution >= 0.6 is 0 Å². The van der Waals surface area contributed by atoms with Crippen LogP contribution in [0, 0.1) is 5.92 Å². The number of hydrogen-bond acceptors (Lipinski definition) is 5. The van der Waals surface area contributed by atoms with E-state index in [1.54, 1.807) is 12.1 Å². The summed E-state index contributed by atoms with van der Waals surface area (Å²) in [5, 5.41) is -0.495. The molecule has 0 amide bonds. The van der Waals surface area contributed by atoms with E-state index in [-0.39, 0.29) is 22.2 Å². The van der Waals surface area contributed by atoms with Gasteiger partial charge >= 0.3 is 0 Å². The summed E-state index contributed by atoms with van der Waals surface area (Å²) >= 11 is 0. The van der Waals surface area contributed by atoms with Crippen LogP contribution < -0.4 is 0 Å². The lowest BCUT2D eigenvalue weighted by Gasteiger charge is -2.38. The van der Waals surface area contributed by atoms with Gasteiger partial charge in [-0.2, -0.15) is 0 Å². The molecule has 0 aromatic carbocycles. The van der Waals surface area contributed by atoms with Crippen molar-refractivity contribution in [3.8, 4) is 0 Å². The second-order valence-electron chi connectivity index (χ2n) is 8.37. The monoisotopic (exact) mass is 382 g/mol. The molecule has 1 aliphatic carbocycles. The maximum Gasteiger partial charge on any atom is 0.247 e. The molecule has 140 valence electrons. The van der Waals surface area contributed by atoms with Crippen molar-refractivity contribution < 1.29 is 12.8 Å². The smallest absolute Gasteiger partial charge is 0.247 e. The van der Waals surface area contributed by atoms with E-state index in [1.165, 1.54) is 12.4 Å². The van der Waals surface area contributed by atoms with Crippen LogP contribution in [-0.4, -0.2) is 38.1 Å². The Balaban J connectivity index is 2.25. The molecule has 1 heterocycles. The minimum Gasteiger partial charge on any atom is -0.414 e. The molecule has 0 N–H and O–H groups in total. The largest absolute Gasteiger partial charge is 0.414 e. The maximum absolute atomic E-state index is 13.0. The SMILES string of the molecule is C=CC[C@H]1CC(O[Si](C)(C)C(C)(C)C)C[C@@H]1S(=O)(=O)c1ncccn1. The number of rotatable bonds is 6. The second kappa shape index (κ2) is 7.29. The number of hydrogen-bond donors (Lipinski definition) is 0. The molecule has 1 aromatic rings. The minimum absolute atomic E-state index is 0.000995. The van der Waals surface area contributed by atoms with E-state index in [4.69, 9.17) is 4.43 Å². The fourth-order valence-electron chi connectivity index (χ4n) is 3.14. The van der Waals surface area contributed by atoms with Gasteiger partial charge in [0.05, 0.1) is 5.25 Å². The highest BCUT2D eigenvalue weighted by Gasteiger charge is 2.47. The van der Waals surface area contributed by atoms with Gasteiger partial charge < -0.3 is 4.43 Å². The van der Waals surface area contributed by atoms with Crippen LogP contribution in [0.4, 0.5) is 0 Å². The molecule has 5 nitrogen and oxygen atoms in total. The number of allylic oxidation sites excluding steroid dienone is 1. The van der Waals surface area contributed by atoms with Gasteiger partial charge in [-0.1, -0.05) is 26.8 Å². The Morgan fingerprint density at radius 2 is 1.88 bits per heavy atom. The average molecular weight is 383 g/mol. The van der Waals surface area contributed by atoms with E-state index in [0.717, 1.165) is 6.42 Å². The second-order valence-corrected chi connectivity index (χ2v) is 15.2. The average Bonchev–Trinajstić information content (AvgIpc) is 2.90. The lowest BCUT2D eigenvalue weighted by atomic mass is 10.0. The van der Waals surface area contributed by atoms with Gasteiger partial charge in [0.25, 0.3) is 0 Å². The third-order valence-electron chi connectivity index (χ3n) is 5.52. The van der Waals surface area contributed by atoms with Crippen LogP contribution in [0.25, 0.3) is 0 Å². The van der Waals surface area contributed by atoms with Gasteiger partial charge in [0.2, 0.25) is 15.0 Å². The van der Waals surface area contributed by atoms with Gasteiger partial charge in [-0.15, -0.1) is 6.58 Å². The highest BCUT2D eigenvalue weighted by Crippen LogP contribution is 2.43. The van der Waals surface area contributed by atoms with Gasteiger partial charge in [0.15, 0.2) is 8.32 Å². The van der Waals surface area contributed by atoms with Crippen LogP contribution in [-0.2, 0) is 14.3 Å². The van der Waals surface area contributed by atoms with E-state index < -0.39 is 23.4 Å². The Morgan fingerprint density at radius 1 is 1.28 bits per heavy atom. The van der Waals surface area contributed by atoms with Crippen molar-refractivity contribution in [3.05, 3.63) is 31.1 Å². The zero-order chi connectivity index (χ0) is 18.9. The third-order valence-corrected chi connectivity index (χ3v) is 12.1. The van der Waals surface area contributed by atoms with Gasteiger partial charge in [-0.3, -0.25) is 0 Å². The minimum atomic E-state index is -3.57. The summed E-state index contributed by atoms with van der Waals surface area (Å²) < 4.78 is 32.5. The first-order valence-electron chi connectivity index (χ1n) is 8.78.